The number of hydrogen-bond donors (Lipinski definition) is 3. The maximum atomic E-state index is 9.83. The lowest BCUT2D eigenvalue weighted by Crippen LogP contribution is -2.26. The van der Waals surface area contributed by atoms with E-state index >= 15 is 0 Å². The summed E-state index contributed by atoms with van der Waals surface area (Å²) < 4.78 is 0. The van der Waals surface area contributed by atoms with E-state index in [1.807, 2.05) is 6.92 Å². The first-order chi connectivity index (χ1) is 8.11. The summed E-state index contributed by atoms with van der Waals surface area (Å²) in [5.74, 6) is 0.989. The van der Waals surface area contributed by atoms with Crippen molar-refractivity contribution >= 4 is 0 Å². The molecule has 0 spiro atoms. The summed E-state index contributed by atoms with van der Waals surface area (Å²) in [5, 5.41) is 19.3. The van der Waals surface area contributed by atoms with Crippen LogP contribution in [-0.4, -0.2) is 34.7 Å². The molecule has 1 heterocycles. The minimum absolute atomic E-state index is 0.110. The first-order valence-corrected chi connectivity index (χ1v) is 6.07. The molecule has 1 fully saturated rings. The molecule has 0 radical (unpaired) electrons. The van der Waals surface area contributed by atoms with Gasteiger partial charge in [0.15, 0.2) is 0 Å². The zero-order valence-corrected chi connectivity index (χ0v) is 10.1. The van der Waals surface area contributed by atoms with Crippen LogP contribution < -0.4 is 5.73 Å². The average molecular weight is 236 g/mol. The molecule has 0 bridgehead atoms. The Bertz CT molecular complexity index is 395. The average Bonchev–Trinajstić information content (AvgIpc) is 2.80. The summed E-state index contributed by atoms with van der Waals surface area (Å²) in [4.78, 5) is 2.30. The SMILES string of the molecule is CC(c1cc(O)ccc1O)N1CCC(CN)C1. The molecule has 4 nitrogen and oxygen atoms in total. The Morgan fingerprint density at radius 1 is 1.47 bits per heavy atom. The summed E-state index contributed by atoms with van der Waals surface area (Å²) in [7, 11) is 0. The van der Waals surface area contributed by atoms with E-state index in [2.05, 4.69) is 4.90 Å². The zero-order chi connectivity index (χ0) is 12.4. The van der Waals surface area contributed by atoms with Crippen LogP contribution in [0.25, 0.3) is 0 Å². The predicted molar refractivity (Wildman–Crippen MR) is 66.9 cm³/mol. The third-order valence-corrected chi connectivity index (χ3v) is 3.66. The molecule has 2 unspecified atom stereocenters. The van der Waals surface area contributed by atoms with Crippen LogP contribution in [0.3, 0.4) is 0 Å². The number of hydrogen-bond acceptors (Lipinski definition) is 4. The quantitative estimate of drug-likeness (QED) is 0.695. The maximum absolute atomic E-state index is 9.83. The van der Waals surface area contributed by atoms with E-state index < -0.39 is 0 Å². The Hall–Kier alpha value is -1.26. The van der Waals surface area contributed by atoms with Crippen molar-refractivity contribution in [1.82, 2.24) is 4.90 Å². The van der Waals surface area contributed by atoms with Crippen LogP contribution in [-0.2, 0) is 0 Å². The van der Waals surface area contributed by atoms with E-state index in [4.69, 9.17) is 5.73 Å². The second-order valence-electron chi connectivity index (χ2n) is 4.80. The maximum Gasteiger partial charge on any atom is 0.120 e. The summed E-state index contributed by atoms with van der Waals surface area (Å²) in [6, 6.07) is 4.78. The van der Waals surface area contributed by atoms with E-state index in [0.29, 0.717) is 5.92 Å². The second kappa shape index (κ2) is 4.94. The Morgan fingerprint density at radius 3 is 2.88 bits per heavy atom. The highest BCUT2D eigenvalue weighted by atomic mass is 16.3. The van der Waals surface area contributed by atoms with Crippen molar-refractivity contribution in [3.63, 3.8) is 0 Å². The first-order valence-electron chi connectivity index (χ1n) is 6.07. The molecular weight excluding hydrogens is 216 g/mol. The predicted octanol–water partition coefficient (Wildman–Crippen LogP) is 1.44. The topological polar surface area (TPSA) is 69.7 Å². The number of nitrogens with two attached hydrogens (primary N) is 1. The molecular formula is C13H20N2O2. The summed E-state index contributed by atoms with van der Waals surface area (Å²) in [6.07, 6.45) is 1.11. The Morgan fingerprint density at radius 2 is 2.24 bits per heavy atom. The van der Waals surface area contributed by atoms with E-state index in [9.17, 15) is 10.2 Å². The molecule has 1 saturated heterocycles. The number of phenols is 2. The minimum atomic E-state index is 0.110. The van der Waals surface area contributed by atoms with Crippen molar-refractivity contribution in [3.8, 4) is 11.5 Å². The van der Waals surface area contributed by atoms with Gasteiger partial charge in [-0.2, -0.15) is 0 Å². The largest absolute Gasteiger partial charge is 0.508 e. The van der Waals surface area contributed by atoms with Crippen molar-refractivity contribution in [1.29, 1.82) is 0 Å². The second-order valence-corrected chi connectivity index (χ2v) is 4.80. The Balaban J connectivity index is 2.14. The van der Waals surface area contributed by atoms with Gasteiger partial charge in [-0.1, -0.05) is 0 Å². The summed E-state index contributed by atoms with van der Waals surface area (Å²) >= 11 is 0. The molecule has 1 aliphatic heterocycles. The van der Waals surface area contributed by atoms with Crippen LogP contribution in [0.15, 0.2) is 18.2 Å². The Labute approximate surface area is 102 Å². The molecule has 1 aromatic carbocycles. The van der Waals surface area contributed by atoms with Gasteiger partial charge in [0.25, 0.3) is 0 Å². The smallest absolute Gasteiger partial charge is 0.120 e. The van der Waals surface area contributed by atoms with Crippen molar-refractivity contribution in [3.05, 3.63) is 23.8 Å². The molecule has 0 amide bonds. The number of phenolic OH excluding ortho intramolecular Hbond substituents is 2. The lowest BCUT2D eigenvalue weighted by atomic mass is 10.1. The fourth-order valence-electron chi connectivity index (χ4n) is 2.48. The van der Waals surface area contributed by atoms with Crippen LogP contribution in [0.1, 0.15) is 24.9 Å². The number of rotatable bonds is 3. The minimum Gasteiger partial charge on any atom is -0.508 e. The standard InChI is InChI=1S/C13H20N2O2/c1-9(15-5-4-10(7-14)8-15)12-6-11(16)2-3-13(12)17/h2-3,6,9-10,16-17H,4-5,7-8,14H2,1H3. The van der Waals surface area contributed by atoms with Gasteiger partial charge in [0.05, 0.1) is 0 Å². The van der Waals surface area contributed by atoms with Gasteiger partial charge in [-0.3, -0.25) is 4.90 Å². The highest BCUT2D eigenvalue weighted by Crippen LogP contribution is 2.33. The van der Waals surface area contributed by atoms with E-state index in [1.165, 1.54) is 12.1 Å². The molecule has 4 heteroatoms. The van der Waals surface area contributed by atoms with Crippen molar-refractivity contribution in [2.24, 2.45) is 11.7 Å². The summed E-state index contributed by atoms with van der Waals surface area (Å²) in [6.45, 7) is 4.73. The first kappa shape index (κ1) is 12.2. The van der Waals surface area contributed by atoms with Gasteiger partial charge >= 0.3 is 0 Å². The van der Waals surface area contributed by atoms with Crippen molar-refractivity contribution < 1.29 is 10.2 Å². The highest BCUT2D eigenvalue weighted by Gasteiger charge is 2.27. The normalized spacial score (nSPS) is 22.8. The molecule has 2 atom stereocenters. The lowest BCUT2D eigenvalue weighted by Gasteiger charge is -2.25. The molecule has 0 saturated carbocycles. The molecule has 0 aliphatic carbocycles. The molecule has 4 N–H and O–H groups in total. The molecule has 94 valence electrons. The van der Waals surface area contributed by atoms with Gasteiger partial charge < -0.3 is 15.9 Å². The number of nitrogens with zero attached hydrogens (tertiary/aromatic N) is 1. The van der Waals surface area contributed by atoms with Crippen molar-refractivity contribution in [2.45, 2.75) is 19.4 Å². The molecule has 17 heavy (non-hydrogen) atoms. The fraction of sp³-hybridized carbons (Fsp3) is 0.538. The molecule has 1 aromatic rings. The summed E-state index contributed by atoms with van der Waals surface area (Å²) in [5.41, 5.74) is 6.45. The number of benzene rings is 1. The zero-order valence-electron chi connectivity index (χ0n) is 10.1. The van der Waals surface area contributed by atoms with Crippen LogP contribution >= 0.6 is 0 Å². The van der Waals surface area contributed by atoms with Crippen LogP contribution in [0, 0.1) is 5.92 Å². The van der Waals surface area contributed by atoms with Crippen LogP contribution in [0.2, 0.25) is 0 Å². The van der Waals surface area contributed by atoms with Gasteiger partial charge in [0, 0.05) is 18.2 Å². The van der Waals surface area contributed by atoms with Gasteiger partial charge in [0.2, 0.25) is 0 Å². The van der Waals surface area contributed by atoms with E-state index in [1.54, 1.807) is 6.07 Å². The monoisotopic (exact) mass is 236 g/mol. The van der Waals surface area contributed by atoms with E-state index in [0.717, 1.165) is 31.6 Å². The number of likely N-dealkylation sites (tertiary alicyclic amines) is 1. The molecule has 0 aromatic heterocycles. The fourth-order valence-corrected chi connectivity index (χ4v) is 2.48. The molecule has 2 rings (SSSR count). The Kier molecular flexibility index (Phi) is 3.54. The van der Waals surface area contributed by atoms with Crippen molar-refractivity contribution in [2.75, 3.05) is 19.6 Å². The van der Waals surface area contributed by atoms with Gasteiger partial charge in [-0.05, 0) is 50.6 Å². The van der Waals surface area contributed by atoms with Gasteiger partial charge in [-0.25, -0.2) is 0 Å². The number of aromatic hydroxyl groups is 2. The van der Waals surface area contributed by atoms with Gasteiger partial charge in [-0.15, -0.1) is 0 Å². The third kappa shape index (κ3) is 2.53. The van der Waals surface area contributed by atoms with Crippen LogP contribution in [0.4, 0.5) is 0 Å². The highest BCUT2D eigenvalue weighted by molar-refractivity contribution is 5.40. The van der Waals surface area contributed by atoms with Gasteiger partial charge in [0.1, 0.15) is 11.5 Å². The third-order valence-electron chi connectivity index (χ3n) is 3.66. The van der Waals surface area contributed by atoms with E-state index in [-0.39, 0.29) is 17.5 Å². The lowest BCUT2D eigenvalue weighted by molar-refractivity contribution is 0.248. The van der Waals surface area contributed by atoms with Crippen LogP contribution in [0.5, 0.6) is 11.5 Å². The molecule has 1 aliphatic rings.